The van der Waals surface area contributed by atoms with E-state index in [0.717, 1.165) is 18.9 Å². The Balaban J connectivity index is 2.39. The van der Waals surface area contributed by atoms with Gasteiger partial charge in [-0.2, -0.15) is 11.8 Å². The minimum Gasteiger partial charge on any atom is -0.359 e. The van der Waals surface area contributed by atoms with Crippen LogP contribution in [0.5, 0.6) is 0 Å². The summed E-state index contributed by atoms with van der Waals surface area (Å²) in [6, 6.07) is 0. The highest BCUT2D eigenvalue weighted by Crippen LogP contribution is 2.11. The van der Waals surface area contributed by atoms with Crippen molar-refractivity contribution in [1.29, 1.82) is 5.41 Å². The maximum Gasteiger partial charge on any atom is 0.0984 e. The van der Waals surface area contributed by atoms with Crippen LogP contribution in [0, 0.1) is 11.3 Å². The van der Waals surface area contributed by atoms with Crippen molar-refractivity contribution in [3.8, 4) is 0 Å². The summed E-state index contributed by atoms with van der Waals surface area (Å²) in [5.74, 6) is 3.58. The van der Waals surface area contributed by atoms with Gasteiger partial charge in [0, 0.05) is 30.5 Å². The quantitative estimate of drug-likeness (QED) is 0.481. The molecule has 3 heteroatoms. The average Bonchev–Trinajstić information content (AvgIpc) is 2.05. The number of rotatable bonds is 1. The summed E-state index contributed by atoms with van der Waals surface area (Å²) in [7, 11) is 0. The molecule has 1 rings (SSSR count). The van der Waals surface area contributed by atoms with Crippen molar-refractivity contribution in [2.24, 2.45) is 5.92 Å². The first-order valence-corrected chi connectivity index (χ1v) is 5.28. The summed E-state index contributed by atoms with van der Waals surface area (Å²) >= 11 is 1.99. The number of thioether (sulfide) groups is 1. The summed E-state index contributed by atoms with van der Waals surface area (Å²) in [6.07, 6.45) is 0. The zero-order valence-electron chi connectivity index (χ0n) is 7.26. The topological polar surface area (TPSA) is 27.1 Å². The first-order chi connectivity index (χ1) is 5.22. The summed E-state index contributed by atoms with van der Waals surface area (Å²) < 4.78 is 0. The van der Waals surface area contributed by atoms with E-state index in [4.69, 9.17) is 5.41 Å². The van der Waals surface area contributed by atoms with E-state index in [1.165, 1.54) is 11.5 Å². The Kier molecular flexibility index (Phi) is 3.24. The number of amidine groups is 1. The SMILES string of the molecule is CC(C)C(=N)N1CCSCC1. The molecule has 0 aromatic rings. The molecule has 1 N–H and O–H groups in total. The molecule has 1 fully saturated rings. The fraction of sp³-hybridized carbons (Fsp3) is 0.875. The molecule has 0 amide bonds. The molecular formula is C8H16N2S. The van der Waals surface area contributed by atoms with Crippen molar-refractivity contribution in [3.63, 3.8) is 0 Å². The van der Waals surface area contributed by atoms with Crippen molar-refractivity contribution in [2.75, 3.05) is 24.6 Å². The van der Waals surface area contributed by atoms with E-state index < -0.39 is 0 Å². The molecule has 0 unspecified atom stereocenters. The Morgan fingerprint density at radius 1 is 1.36 bits per heavy atom. The Morgan fingerprint density at radius 2 is 1.91 bits per heavy atom. The van der Waals surface area contributed by atoms with E-state index in [2.05, 4.69) is 18.7 Å². The van der Waals surface area contributed by atoms with E-state index >= 15 is 0 Å². The lowest BCUT2D eigenvalue weighted by Crippen LogP contribution is -2.39. The van der Waals surface area contributed by atoms with Crippen molar-refractivity contribution in [3.05, 3.63) is 0 Å². The van der Waals surface area contributed by atoms with E-state index in [1.54, 1.807) is 0 Å². The third kappa shape index (κ3) is 2.40. The molecule has 0 aromatic heterocycles. The van der Waals surface area contributed by atoms with Crippen LogP contribution in [0.4, 0.5) is 0 Å². The first-order valence-electron chi connectivity index (χ1n) is 4.13. The van der Waals surface area contributed by atoms with Crippen LogP contribution in [0.2, 0.25) is 0 Å². The van der Waals surface area contributed by atoms with Crippen molar-refractivity contribution < 1.29 is 0 Å². The smallest absolute Gasteiger partial charge is 0.0984 e. The largest absolute Gasteiger partial charge is 0.359 e. The van der Waals surface area contributed by atoms with E-state index in [1.807, 2.05) is 11.8 Å². The lowest BCUT2D eigenvalue weighted by atomic mass is 10.2. The van der Waals surface area contributed by atoms with Crippen LogP contribution in [0.1, 0.15) is 13.8 Å². The number of hydrogen-bond acceptors (Lipinski definition) is 2. The van der Waals surface area contributed by atoms with Gasteiger partial charge >= 0.3 is 0 Å². The second-order valence-corrected chi connectivity index (χ2v) is 4.36. The van der Waals surface area contributed by atoms with Gasteiger partial charge in [-0.25, -0.2) is 0 Å². The minimum absolute atomic E-state index is 0.387. The standard InChI is InChI=1S/C8H16N2S/c1-7(2)8(9)10-3-5-11-6-4-10/h7,9H,3-6H2,1-2H3. The van der Waals surface area contributed by atoms with Crippen LogP contribution >= 0.6 is 11.8 Å². The molecule has 11 heavy (non-hydrogen) atoms. The van der Waals surface area contributed by atoms with Crippen LogP contribution < -0.4 is 0 Å². The Hall–Kier alpha value is -0.180. The van der Waals surface area contributed by atoms with Crippen molar-refractivity contribution >= 4 is 17.6 Å². The molecular weight excluding hydrogens is 156 g/mol. The third-order valence-corrected chi connectivity index (χ3v) is 2.84. The maximum absolute atomic E-state index is 7.75. The normalized spacial score (nSPS) is 19.0. The van der Waals surface area contributed by atoms with Gasteiger partial charge in [-0.1, -0.05) is 13.8 Å². The van der Waals surface area contributed by atoms with E-state index in [0.29, 0.717) is 5.92 Å². The predicted molar refractivity (Wildman–Crippen MR) is 51.5 cm³/mol. The first kappa shape index (κ1) is 8.91. The molecule has 0 saturated carbocycles. The highest BCUT2D eigenvalue weighted by Gasteiger charge is 2.15. The summed E-state index contributed by atoms with van der Waals surface area (Å²) in [6.45, 7) is 6.32. The highest BCUT2D eigenvalue weighted by atomic mass is 32.2. The average molecular weight is 172 g/mol. The van der Waals surface area contributed by atoms with Gasteiger partial charge in [-0.05, 0) is 0 Å². The molecule has 0 radical (unpaired) electrons. The summed E-state index contributed by atoms with van der Waals surface area (Å²) in [4.78, 5) is 2.20. The fourth-order valence-electron chi connectivity index (χ4n) is 1.17. The second kappa shape index (κ2) is 4.00. The van der Waals surface area contributed by atoms with Crippen LogP contribution in [0.25, 0.3) is 0 Å². The van der Waals surface area contributed by atoms with Crippen LogP contribution in [0.3, 0.4) is 0 Å². The molecule has 1 heterocycles. The summed E-state index contributed by atoms with van der Waals surface area (Å²) in [5.41, 5.74) is 0. The van der Waals surface area contributed by atoms with E-state index in [9.17, 15) is 0 Å². The monoisotopic (exact) mass is 172 g/mol. The van der Waals surface area contributed by atoms with Gasteiger partial charge in [-0.3, -0.25) is 5.41 Å². The van der Waals surface area contributed by atoms with Crippen molar-refractivity contribution in [1.82, 2.24) is 4.90 Å². The molecule has 0 aliphatic carbocycles. The zero-order chi connectivity index (χ0) is 8.27. The van der Waals surface area contributed by atoms with Crippen LogP contribution in [-0.4, -0.2) is 35.3 Å². The third-order valence-electron chi connectivity index (χ3n) is 1.90. The molecule has 0 spiro atoms. The number of nitrogens with one attached hydrogen (secondary N) is 1. The molecule has 1 aliphatic heterocycles. The lowest BCUT2D eigenvalue weighted by Gasteiger charge is -2.30. The Morgan fingerprint density at radius 3 is 2.36 bits per heavy atom. The van der Waals surface area contributed by atoms with Crippen LogP contribution in [-0.2, 0) is 0 Å². The molecule has 64 valence electrons. The maximum atomic E-state index is 7.75. The predicted octanol–water partition coefficient (Wildman–Crippen LogP) is 1.67. The van der Waals surface area contributed by atoms with Gasteiger partial charge in [0.05, 0.1) is 5.84 Å². The Labute approximate surface area is 72.9 Å². The summed E-state index contributed by atoms with van der Waals surface area (Å²) in [5, 5.41) is 7.75. The fourth-order valence-corrected chi connectivity index (χ4v) is 2.07. The lowest BCUT2D eigenvalue weighted by molar-refractivity contribution is 0.436. The number of hydrogen-bond donors (Lipinski definition) is 1. The second-order valence-electron chi connectivity index (χ2n) is 3.14. The van der Waals surface area contributed by atoms with Crippen LogP contribution in [0.15, 0.2) is 0 Å². The van der Waals surface area contributed by atoms with Gasteiger partial charge in [0.25, 0.3) is 0 Å². The van der Waals surface area contributed by atoms with Gasteiger partial charge in [0.1, 0.15) is 0 Å². The molecule has 2 nitrogen and oxygen atoms in total. The molecule has 0 aromatic carbocycles. The van der Waals surface area contributed by atoms with Gasteiger partial charge < -0.3 is 4.90 Å². The number of nitrogens with zero attached hydrogens (tertiary/aromatic N) is 1. The van der Waals surface area contributed by atoms with Gasteiger partial charge in [-0.15, -0.1) is 0 Å². The van der Waals surface area contributed by atoms with E-state index in [-0.39, 0.29) is 0 Å². The molecule has 1 saturated heterocycles. The van der Waals surface area contributed by atoms with Gasteiger partial charge in [0.15, 0.2) is 0 Å². The molecule has 0 atom stereocenters. The minimum atomic E-state index is 0.387. The van der Waals surface area contributed by atoms with Gasteiger partial charge in [0.2, 0.25) is 0 Å². The molecule has 0 bridgehead atoms. The molecule has 1 aliphatic rings. The highest BCUT2D eigenvalue weighted by molar-refractivity contribution is 7.99. The Bertz CT molecular complexity index is 139. The zero-order valence-corrected chi connectivity index (χ0v) is 8.08. The van der Waals surface area contributed by atoms with Crippen molar-refractivity contribution in [2.45, 2.75) is 13.8 Å².